The fourth-order valence-corrected chi connectivity index (χ4v) is 3.34. The van der Waals surface area contributed by atoms with Crippen LogP contribution in [-0.2, 0) is 11.3 Å². The van der Waals surface area contributed by atoms with Crippen LogP contribution in [0.5, 0.6) is 0 Å². The topological polar surface area (TPSA) is 67.2 Å². The highest BCUT2D eigenvalue weighted by Gasteiger charge is 2.23. The van der Waals surface area contributed by atoms with Crippen molar-refractivity contribution < 1.29 is 4.79 Å². The number of hydrogen-bond acceptors (Lipinski definition) is 5. The number of fused-ring (bicyclic) bond motifs is 1. The van der Waals surface area contributed by atoms with Crippen molar-refractivity contribution >= 4 is 28.7 Å². The lowest BCUT2D eigenvalue weighted by Gasteiger charge is -2.30. The van der Waals surface area contributed by atoms with Crippen LogP contribution in [0.4, 0.5) is 11.5 Å². The average Bonchev–Trinajstić information content (AvgIpc) is 2.83. The van der Waals surface area contributed by atoms with Crippen LogP contribution in [0.25, 0.3) is 0 Å². The normalized spacial score (nSPS) is 13.6. The molecule has 0 saturated carbocycles. The molecule has 0 saturated heterocycles. The molecule has 0 aromatic carbocycles. The molecule has 0 aliphatic carbocycles. The van der Waals surface area contributed by atoms with E-state index in [1.807, 2.05) is 25.3 Å². The van der Waals surface area contributed by atoms with Gasteiger partial charge in [-0.2, -0.15) is 0 Å². The lowest BCUT2D eigenvalue weighted by molar-refractivity contribution is -0.118. The number of carbonyl (C=O) groups excluding carboxylic acids is 1. The zero-order chi connectivity index (χ0) is 15.7. The molecule has 22 heavy (non-hydrogen) atoms. The van der Waals surface area contributed by atoms with E-state index in [-0.39, 0.29) is 10.8 Å². The molecule has 3 heterocycles. The molecule has 2 aromatic rings. The van der Waals surface area contributed by atoms with E-state index in [2.05, 4.69) is 10.3 Å². The minimum absolute atomic E-state index is 0.0106. The summed E-state index contributed by atoms with van der Waals surface area (Å²) < 4.78 is 1.65. The summed E-state index contributed by atoms with van der Waals surface area (Å²) in [6.45, 7) is 5.57. The predicted octanol–water partition coefficient (Wildman–Crippen LogP) is 1.77. The van der Waals surface area contributed by atoms with Crippen molar-refractivity contribution in [1.29, 1.82) is 0 Å². The summed E-state index contributed by atoms with van der Waals surface area (Å²) in [7, 11) is 0. The first-order chi connectivity index (χ1) is 10.6. The van der Waals surface area contributed by atoms with E-state index < -0.39 is 0 Å². The summed E-state index contributed by atoms with van der Waals surface area (Å²) in [6, 6.07) is 1.97. The largest absolute Gasteiger partial charge is 0.367 e. The maximum atomic E-state index is 12.5. The predicted molar refractivity (Wildman–Crippen MR) is 87.7 cm³/mol. The fraction of sp³-hybridized carbons (Fsp3) is 0.400. The van der Waals surface area contributed by atoms with E-state index in [1.54, 1.807) is 15.7 Å². The summed E-state index contributed by atoms with van der Waals surface area (Å²) in [5, 5.41) is 5.02. The van der Waals surface area contributed by atoms with Gasteiger partial charge in [-0.25, -0.2) is 4.98 Å². The van der Waals surface area contributed by atoms with Gasteiger partial charge in [0.15, 0.2) is 0 Å². The third-order valence-electron chi connectivity index (χ3n) is 3.75. The maximum Gasteiger partial charge on any atom is 0.307 e. The smallest absolute Gasteiger partial charge is 0.307 e. The van der Waals surface area contributed by atoms with Gasteiger partial charge in [-0.3, -0.25) is 9.59 Å². The molecule has 7 heteroatoms. The molecule has 0 radical (unpaired) electrons. The van der Waals surface area contributed by atoms with Crippen molar-refractivity contribution in [3.05, 3.63) is 38.6 Å². The Morgan fingerprint density at radius 3 is 3.00 bits per heavy atom. The number of amides is 1. The van der Waals surface area contributed by atoms with Crippen LogP contribution in [-0.4, -0.2) is 28.5 Å². The number of nitrogens with one attached hydrogen (secondary N) is 1. The maximum absolute atomic E-state index is 12.5. The molecular formula is C15H18N4O2S. The van der Waals surface area contributed by atoms with Gasteiger partial charge >= 0.3 is 4.87 Å². The van der Waals surface area contributed by atoms with Crippen LogP contribution in [0.15, 0.2) is 22.4 Å². The average molecular weight is 318 g/mol. The van der Waals surface area contributed by atoms with Crippen LogP contribution in [0.1, 0.15) is 17.7 Å². The third kappa shape index (κ3) is 2.76. The molecule has 2 aromatic heterocycles. The van der Waals surface area contributed by atoms with Gasteiger partial charge in [0, 0.05) is 43.3 Å². The van der Waals surface area contributed by atoms with E-state index >= 15 is 0 Å². The van der Waals surface area contributed by atoms with Crippen molar-refractivity contribution in [2.75, 3.05) is 23.3 Å². The van der Waals surface area contributed by atoms with Gasteiger partial charge < -0.3 is 14.8 Å². The number of aryl methyl sites for hydroxylation is 2. The number of carbonyl (C=O) groups is 1. The Morgan fingerprint density at radius 2 is 2.27 bits per heavy atom. The summed E-state index contributed by atoms with van der Waals surface area (Å²) in [4.78, 5) is 30.3. The molecule has 0 bridgehead atoms. The molecule has 1 amide bonds. The van der Waals surface area contributed by atoms with Crippen LogP contribution in [0, 0.1) is 13.8 Å². The summed E-state index contributed by atoms with van der Waals surface area (Å²) in [5.74, 6) is 0.765. The quantitative estimate of drug-likeness (QED) is 0.936. The van der Waals surface area contributed by atoms with Gasteiger partial charge in [0.05, 0.1) is 5.69 Å². The number of anilines is 2. The number of hydrogen-bond donors (Lipinski definition) is 1. The zero-order valence-electron chi connectivity index (χ0n) is 12.6. The van der Waals surface area contributed by atoms with Crippen molar-refractivity contribution in [2.24, 2.45) is 0 Å². The van der Waals surface area contributed by atoms with Gasteiger partial charge in [-0.05, 0) is 25.5 Å². The molecule has 0 unspecified atom stereocenters. The molecule has 0 fully saturated rings. The van der Waals surface area contributed by atoms with Crippen molar-refractivity contribution in [3.63, 3.8) is 0 Å². The van der Waals surface area contributed by atoms with Gasteiger partial charge in [0.1, 0.15) is 5.82 Å². The molecule has 3 rings (SSSR count). The molecule has 1 aliphatic rings. The molecule has 0 spiro atoms. The molecule has 116 valence electrons. The Bertz CT molecular complexity index is 765. The molecule has 1 N–H and O–H groups in total. The number of thiazole rings is 1. The van der Waals surface area contributed by atoms with Crippen LogP contribution >= 0.6 is 11.3 Å². The number of pyridine rings is 1. The van der Waals surface area contributed by atoms with E-state index in [4.69, 9.17) is 0 Å². The van der Waals surface area contributed by atoms with Gasteiger partial charge in [-0.1, -0.05) is 11.3 Å². The Kier molecular flexibility index (Phi) is 3.98. The van der Waals surface area contributed by atoms with Crippen molar-refractivity contribution in [3.8, 4) is 0 Å². The molecule has 1 aliphatic heterocycles. The number of aromatic nitrogens is 2. The second kappa shape index (κ2) is 5.92. The number of rotatable bonds is 3. The van der Waals surface area contributed by atoms with Crippen molar-refractivity contribution in [2.45, 2.75) is 26.8 Å². The summed E-state index contributed by atoms with van der Waals surface area (Å²) in [6.07, 6.45) is 2.10. The first-order valence-corrected chi connectivity index (χ1v) is 8.10. The second-order valence-electron chi connectivity index (χ2n) is 5.40. The molecular weight excluding hydrogens is 300 g/mol. The standard InChI is InChI=1S/C15H18N4O2S/c1-10-7-12-14(17-8-10)16-4-6-19(12)13(20)3-5-18-11(2)9-22-15(18)21/h7-9H,3-6H2,1-2H3,(H,16,17). The van der Waals surface area contributed by atoms with Crippen LogP contribution in [0.3, 0.4) is 0 Å². The van der Waals surface area contributed by atoms with Gasteiger partial charge in [0.25, 0.3) is 0 Å². The van der Waals surface area contributed by atoms with E-state index in [0.717, 1.165) is 22.8 Å². The Morgan fingerprint density at radius 1 is 1.45 bits per heavy atom. The second-order valence-corrected chi connectivity index (χ2v) is 6.22. The summed E-state index contributed by atoms with van der Waals surface area (Å²) >= 11 is 1.17. The van der Waals surface area contributed by atoms with Gasteiger partial charge in [-0.15, -0.1) is 0 Å². The minimum atomic E-state index is -0.0106. The highest BCUT2D eigenvalue weighted by molar-refractivity contribution is 7.07. The van der Waals surface area contributed by atoms with Crippen molar-refractivity contribution in [1.82, 2.24) is 9.55 Å². The first kappa shape index (κ1) is 14.8. The monoisotopic (exact) mass is 318 g/mol. The minimum Gasteiger partial charge on any atom is -0.367 e. The lowest BCUT2D eigenvalue weighted by Crippen LogP contribution is -2.39. The lowest BCUT2D eigenvalue weighted by atomic mass is 10.2. The number of nitrogens with zero attached hydrogens (tertiary/aromatic N) is 3. The zero-order valence-corrected chi connectivity index (χ0v) is 13.4. The third-order valence-corrected chi connectivity index (χ3v) is 4.63. The Labute approximate surface area is 132 Å². The van der Waals surface area contributed by atoms with E-state index in [9.17, 15) is 9.59 Å². The Hall–Kier alpha value is -2.15. The Balaban J connectivity index is 1.77. The SMILES string of the molecule is Cc1cnc2c(c1)N(C(=O)CCn1c(C)csc1=O)CCN2. The summed E-state index contributed by atoms with van der Waals surface area (Å²) in [5.41, 5.74) is 2.75. The molecule has 0 atom stereocenters. The van der Waals surface area contributed by atoms with Gasteiger partial charge in [0.2, 0.25) is 5.91 Å². The van der Waals surface area contributed by atoms with Crippen LogP contribution < -0.4 is 15.1 Å². The first-order valence-electron chi connectivity index (χ1n) is 7.22. The fourth-order valence-electron chi connectivity index (χ4n) is 2.58. The molecule has 6 nitrogen and oxygen atoms in total. The highest BCUT2D eigenvalue weighted by atomic mass is 32.1. The van der Waals surface area contributed by atoms with Crippen LogP contribution in [0.2, 0.25) is 0 Å². The highest BCUT2D eigenvalue weighted by Crippen LogP contribution is 2.28. The van der Waals surface area contributed by atoms with E-state index in [1.165, 1.54) is 11.3 Å². The van der Waals surface area contributed by atoms with E-state index in [0.29, 0.717) is 26.1 Å².